The molecule has 0 radical (unpaired) electrons. The smallest absolute Gasteiger partial charge is 0.234 e. The third-order valence-electron chi connectivity index (χ3n) is 5.92. The Morgan fingerprint density at radius 3 is 2.23 bits per heavy atom. The van der Waals surface area contributed by atoms with Crippen LogP contribution >= 0.6 is 0 Å². The summed E-state index contributed by atoms with van der Waals surface area (Å²) in [7, 11) is 0. The summed E-state index contributed by atoms with van der Waals surface area (Å²) in [6.45, 7) is 6.57. The summed E-state index contributed by atoms with van der Waals surface area (Å²) in [4.78, 5) is 19.8. The zero-order valence-corrected chi connectivity index (χ0v) is 18.2. The molecule has 0 aliphatic carbocycles. The lowest BCUT2D eigenvalue weighted by Gasteiger charge is -2.23. The predicted molar refractivity (Wildman–Crippen MR) is 127 cm³/mol. The molecule has 31 heavy (non-hydrogen) atoms. The van der Waals surface area contributed by atoms with Crippen molar-refractivity contribution in [2.24, 2.45) is 0 Å². The molecule has 3 N–H and O–H groups in total. The van der Waals surface area contributed by atoms with E-state index in [-0.39, 0.29) is 5.91 Å². The normalized spacial score (nSPS) is 17.2. The number of hydrogen-bond donors (Lipinski definition) is 3. The lowest BCUT2D eigenvalue weighted by Crippen LogP contribution is -2.43. The molecule has 1 amide bonds. The van der Waals surface area contributed by atoms with Crippen molar-refractivity contribution in [3.63, 3.8) is 0 Å². The monoisotopic (exact) mass is 419 g/mol. The number of benzene rings is 2. The summed E-state index contributed by atoms with van der Waals surface area (Å²) in [5, 5.41) is 13.5. The summed E-state index contributed by atoms with van der Waals surface area (Å²) in [5.41, 5.74) is 1.88. The first-order valence-electron chi connectivity index (χ1n) is 11.5. The van der Waals surface area contributed by atoms with Gasteiger partial charge in [-0.05, 0) is 37.4 Å². The van der Waals surface area contributed by atoms with Gasteiger partial charge in [0.05, 0.1) is 24.3 Å². The lowest BCUT2D eigenvalue weighted by molar-refractivity contribution is -0.122. The second kappa shape index (κ2) is 11.2. The van der Waals surface area contributed by atoms with Gasteiger partial charge in [0, 0.05) is 37.0 Å². The third-order valence-corrected chi connectivity index (χ3v) is 5.92. The largest absolute Gasteiger partial charge is 0.349 e. The van der Waals surface area contributed by atoms with E-state index in [0.29, 0.717) is 13.1 Å². The van der Waals surface area contributed by atoms with Crippen molar-refractivity contribution in [2.45, 2.75) is 25.8 Å². The van der Waals surface area contributed by atoms with E-state index in [0.717, 1.165) is 61.3 Å². The predicted octanol–water partition coefficient (Wildman–Crippen LogP) is 2.67. The molecule has 6 heteroatoms. The van der Waals surface area contributed by atoms with Crippen LogP contribution < -0.4 is 16.0 Å². The maximum atomic E-state index is 12.7. The molecule has 3 aromatic rings. The molecule has 1 aliphatic heterocycles. The lowest BCUT2D eigenvalue weighted by atomic mass is 10.0. The van der Waals surface area contributed by atoms with E-state index in [9.17, 15) is 4.79 Å². The molecule has 0 unspecified atom stereocenters. The second-order valence-electron chi connectivity index (χ2n) is 8.23. The summed E-state index contributed by atoms with van der Waals surface area (Å²) < 4.78 is 0. The maximum Gasteiger partial charge on any atom is 0.234 e. The van der Waals surface area contributed by atoms with Crippen LogP contribution in [0.4, 0.5) is 0 Å². The van der Waals surface area contributed by atoms with E-state index in [2.05, 4.69) is 45.1 Å². The molecule has 0 spiro atoms. The molecular weight excluding hydrogens is 386 g/mol. The minimum absolute atomic E-state index is 0.0473. The van der Waals surface area contributed by atoms with Gasteiger partial charge >= 0.3 is 0 Å². The zero-order chi connectivity index (χ0) is 21.3. The van der Waals surface area contributed by atoms with Crippen LogP contribution in [0.15, 0.2) is 48.5 Å². The first-order valence-corrected chi connectivity index (χ1v) is 11.5. The summed E-state index contributed by atoms with van der Waals surface area (Å²) in [6.07, 6.45) is 3.70. The van der Waals surface area contributed by atoms with Crippen molar-refractivity contribution in [2.75, 3.05) is 45.8 Å². The molecule has 0 saturated carbocycles. The van der Waals surface area contributed by atoms with Crippen molar-refractivity contribution >= 4 is 27.6 Å². The number of nitrogens with one attached hydrogen (secondary N) is 3. The van der Waals surface area contributed by atoms with Crippen molar-refractivity contribution in [3.8, 4) is 0 Å². The van der Waals surface area contributed by atoms with Gasteiger partial charge in [0.15, 0.2) is 0 Å². The molecule has 1 saturated heterocycles. The summed E-state index contributed by atoms with van der Waals surface area (Å²) in [5.74, 6) is 0.0473. The minimum atomic E-state index is 0.0473. The van der Waals surface area contributed by atoms with Crippen LogP contribution in [0.1, 0.15) is 25.0 Å². The van der Waals surface area contributed by atoms with Crippen LogP contribution in [-0.4, -0.2) is 61.6 Å². The molecule has 1 aromatic heterocycles. The molecule has 2 heterocycles. The number of aromatic nitrogens is 1. The van der Waals surface area contributed by atoms with Gasteiger partial charge in [-0.1, -0.05) is 48.9 Å². The Morgan fingerprint density at radius 2 is 1.48 bits per heavy atom. The molecule has 4 rings (SSSR count). The van der Waals surface area contributed by atoms with Crippen molar-refractivity contribution in [3.05, 3.63) is 54.2 Å². The second-order valence-corrected chi connectivity index (χ2v) is 8.23. The van der Waals surface area contributed by atoms with E-state index < -0.39 is 0 Å². The van der Waals surface area contributed by atoms with Gasteiger partial charge in [-0.15, -0.1) is 0 Å². The fraction of sp³-hybridized carbons (Fsp3) is 0.440. The first-order chi connectivity index (χ1) is 15.3. The van der Waals surface area contributed by atoms with E-state index in [1.165, 1.54) is 24.6 Å². The number of carbonyl (C=O) groups excluding carboxylic acids is 1. The number of hydrogen-bond acceptors (Lipinski definition) is 5. The van der Waals surface area contributed by atoms with Crippen LogP contribution in [0.25, 0.3) is 21.7 Å². The molecule has 6 nitrogen and oxygen atoms in total. The number of fused-ring (bicyclic) bond motifs is 3. The van der Waals surface area contributed by atoms with Crippen LogP contribution in [0.5, 0.6) is 0 Å². The van der Waals surface area contributed by atoms with Crippen LogP contribution in [0.3, 0.4) is 0 Å². The first kappa shape index (κ1) is 21.7. The van der Waals surface area contributed by atoms with Crippen molar-refractivity contribution in [1.82, 2.24) is 25.8 Å². The fourth-order valence-electron chi connectivity index (χ4n) is 4.22. The van der Waals surface area contributed by atoms with Gasteiger partial charge in [-0.3, -0.25) is 14.7 Å². The van der Waals surface area contributed by atoms with E-state index in [4.69, 9.17) is 4.98 Å². The SMILES string of the molecule is O=C(CN1CCNCCCCCNCC1)NCc1nc2ccccc2c2ccccc12. The highest BCUT2D eigenvalue weighted by Crippen LogP contribution is 2.26. The Hall–Kier alpha value is -2.54. The van der Waals surface area contributed by atoms with Gasteiger partial charge in [-0.25, -0.2) is 0 Å². The van der Waals surface area contributed by atoms with E-state index in [1.54, 1.807) is 0 Å². The van der Waals surface area contributed by atoms with E-state index in [1.807, 2.05) is 24.3 Å². The third kappa shape index (κ3) is 6.00. The van der Waals surface area contributed by atoms with Crippen molar-refractivity contribution in [1.29, 1.82) is 0 Å². The molecule has 0 bridgehead atoms. The summed E-state index contributed by atoms with van der Waals surface area (Å²) >= 11 is 0. The van der Waals surface area contributed by atoms with Gasteiger partial charge in [-0.2, -0.15) is 0 Å². The fourth-order valence-corrected chi connectivity index (χ4v) is 4.22. The van der Waals surface area contributed by atoms with Crippen molar-refractivity contribution < 1.29 is 4.79 Å². The Bertz CT molecular complexity index is 994. The standard InChI is InChI=1S/C25H33N5O/c31-25(19-30-16-14-26-12-6-1-7-13-27-15-17-30)28-18-24-22-10-3-2-8-20(22)21-9-4-5-11-23(21)29-24/h2-5,8-11,26-27H,1,6-7,12-19H2,(H,28,31). The molecule has 0 atom stereocenters. The average Bonchev–Trinajstić information content (AvgIpc) is 2.79. The molecular formula is C25H33N5O. The number of para-hydroxylation sites is 1. The van der Waals surface area contributed by atoms with Crippen LogP contribution in [0, 0.1) is 0 Å². The summed E-state index contributed by atoms with van der Waals surface area (Å²) in [6, 6.07) is 16.5. The topological polar surface area (TPSA) is 69.3 Å². The van der Waals surface area contributed by atoms with Gasteiger partial charge in [0.2, 0.25) is 5.91 Å². The Morgan fingerprint density at radius 1 is 0.839 bits per heavy atom. The molecule has 1 aliphatic rings. The maximum absolute atomic E-state index is 12.7. The Labute approximate surface area is 184 Å². The van der Waals surface area contributed by atoms with Crippen LogP contribution in [0.2, 0.25) is 0 Å². The molecule has 164 valence electrons. The minimum Gasteiger partial charge on any atom is -0.349 e. The van der Waals surface area contributed by atoms with Crippen LogP contribution in [-0.2, 0) is 11.3 Å². The number of rotatable bonds is 4. The average molecular weight is 420 g/mol. The van der Waals surface area contributed by atoms with Gasteiger partial charge in [0.1, 0.15) is 0 Å². The Balaban J connectivity index is 1.40. The van der Waals surface area contributed by atoms with Gasteiger partial charge < -0.3 is 16.0 Å². The number of carbonyl (C=O) groups is 1. The highest BCUT2D eigenvalue weighted by molar-refractivity contribution is 6.06. The number of amides is 1. The molecule has 1 fully saturated rings. The Kier molecular flexibility index (Phi) is 7.82. The number of pyridine rings is 1. The molecule has 2 aromatic carbocycles. The van der Waals surface area contributed by atoms with E-state index >= 15 is 0 Å². The number of nitrogens with zero attached hydrogens (tertiary/aromatic N) is 2. The highest BCUT2D eigenvalue weighted by atomic mass is 16.2. The quantitative estimate of drug-likeness (QED) is 0.568. The van der Waals surface area contributed by atoms with Gasteiger partial charge in [0.25, 0.3) is 0 Å². The zero-order valence-electron chi connectivity index (χ0n) is 18.2. The highest BCUT2D eigenvalue weighted by Gasteiger charge is 2.13.